The van der Waals surface area contributed by atoms with Crippen LogP contribution in [-0.2, 0) is 0 Å². The Hall–Kier alpha value is -7.69. The normalized spacial score (nSPS) is 13.5. The van der Waals surface area contributed by atoms with Crippen LogP contribution in [0.5, 0.6) is 23.0 Å². The first-order chi connectivity index (χ1) is 29.8. The molecule has 10 aromatic rings. The minimum Gasteiger partial charge on any atom is -0.458 e. The lowest BCUT2D eigenvalue weighted by Gasteiger charge is -2.43. The van der Waals surface area contributed by atoms with Gasteiger partial charge in [-0.25, -0.2) is 0 Å². The van der Waals surface area contributed by atoms with Crippen LogP contribution in [0.4, 0.5) is 11.4 Å². The van der Waals surface area contributed by atoms with Crippen molar-refractivity contribution in [3.05, 3.63) is 188 Å². The zero-order chi connectivity index (χ0) is 39.1. The molecule has 0 spiro atoms. The van der Waals surface area contributed by atoms with Crippen LogP contribution < -0.4 is 41.6 Å². The van der Waals surface area contributed by atoms with Crippen LogP contribution in [-0.4, -0.2) is 13.6 Å². The molecule has 4 nitrogen and oxygen atoms in total. The third kappa shape index (κ3) is 4.32. The fourth-order valence-electron chi connectivity index (χ4n) is 10.8. The van der Waals surface area contributed by atoms with Gasteiger partial charge in [-0.15, -0.1) is 0 Å². The molecule has 0 aliphatic carbocycles. The molecule has 1 aromatic heterocycles. The Morgan fingerprint density at radius 2 is 0.850 bits per heavy atom. The van der Waals surface area contributed by atoms with Gasteiger partial charge in [0.15, 0.2) is 0 Å². The molecular weight excluding hydrogens is 732 g/mol. The smallest absolute Gasteiger partial charge is 0.329 e. The van der Waals surface area contributed by atoms with E-state index in [1.54, 1.807) is 0 Å². The number of nitrogens with zero attached hydrogens (tertiary/aromatic N) is 1. The fraction of sp³-hybridized carbons (Fsp3) is 0. The van der Waals surface area contributed by atoms with Gasteiger partial charge in [-0.05, 0) is 110 Å². The summed E-state index contributed by atoms with van der Waals surface area (Å²) in [7, 11) is 0. The van der Waals surface area contributed by atoms with Crippen molar-refractivity contribution in [1.82, 2.24) is 0 Å². The van der Waals surface area contributed by atoms with Crippen molar-refractivity contribution >= 4 is 74.2 Å². The third-order valence-electron chi connectivity index (χ3n) is 13.2. The van der Waals surface area contributed by atoms with Gasteiger partial charge in [-0.3, -0.25) is 0 Å². The van der Waals surface area contributed by atoms with E-state index in [-0.39, 0.29) is 13.6 Å². The first kappa shape index (κ1) is 32.3. The lowest BCUT2D eigenvalue weighted by Crippen LogP contribution is -2.59. The lowest BCUT2D eigenvalue weighted by atomic mass is 9.35. The van der Waals surface area contributed by atoms with E-state index in [0.29, 0.717) is 0 Å². The molecule has 0 unspecified atom stereocenters. The van der Waals surface area contributed by atoms with E-state index in [1.165, 1.54) is 44.6 Å². The van der Waals surface area contributed by atoms with E-state index in [1.807, 2.05) is 12.1 Å². The molecule has 276 valence electrons. The van der Waals surface area contributed by atoms with Gasteiger partial charge in [-0.1, -0.05) is 133 Å². The molecule has 4 aliphatic rings. The van der Waals surface area contributed by atoms with Crippen LogP contribution in [0.2, 0.25) is 0 Å². The number of ether oxygens (including phenoxy) is 2. The molecule has 14 rings (SSSR count). The molecule has 9 aromatic carbocycles. The van der Waals surface area contributed by atoms with Crippen molar-refractivity contribution in [3.8, 4) is 67.5 Å². The number of hydrogen-bond donors (Lipinski definition) is 0. The summed E-state index contributed by atoms with van der Waals surface area (Å²) in [5.74, 6) is 3.39. The molecule has 5 heterocycles. The number of fused-ring (bicyclic) bond motifs is 18. The highest BCUT2D eigenvalue weighted by atomic mass is 16.5. The van der Waals surface area contributed by atoms with E-state index in [4.69, 9.17) is 13.9 Å². The van der Waals surface area contributed by atoms with Crippen LogP contribution in [0.15, 0.2) is 192 Å². The summed E-state index contributed by atoms with van der Waals surface area (Å²) in [4.78, 5) is 2.55. The standard InChI is InChI=1S/C54H31B2NO3/c1-4-18-40-36(13-1)38-15-3-8-22-44(38)57-45-28-27-32(29-39(45)37-14-2-5-19-41(37)56(40)57)34-16-11-25-48-52(34)53-35(17-12-26-49(53)60-48)33-30-50-54-51(31-33)59-47-24-10-7-21-43(47)55(54)42-20-6-9-23-46(42)58-50/h1-31H. The third-order valence-corrected chi connectivity index (χ3v) is 13.2. The quantitative estimate of drug-likeness (QED) is 0.164. The predicted octanol–water partition coefficient (Wildman–Crippen LogP) is 10.6. The minimum absolute atomic E-state index is 0.0219. The zero-order valence-electron chi connectivity index (χ0n) is 32.2. The highest BCUT2D eigenvalue weighted by Gasteiger charge is 2.43. The van der Waals surface area contributed by atoms with Crippen LogP contribution in [0, 0.1) is 0 Å². The molecule has 6 heteroatoms. The summed E-state index contributed by atoms with van der Waals surface area (Å²) in [6.45, 7) is 0.0928. The average Bonchev–Trinajstić information content (AvgIpc) is 3.70. The molecule has 0 saturated heterocycles. The van der Waals surface area contributed by atoms with Gasteiger partial charge in [0.05, 0.1) is 0 Å². The number of benzene rings is 9. The lowest BCUT2D eigenvalue weighted by molar-refractivity contribution is 0.465. The van der Waals surface area contributed by atoms with Crippen molar-refractivity contribution in [2.24, 2.45) is 0 Å². The Kier molecular flexibility index (Phi) is 6.42. The van der Waals surface area contributed by atoms with Crippen LogP contribution >= 0.6 is 0 Å². The second-order valence-corrected chi connectivity index (χ2v) is 16.3. The average molecular weight is 763 g/mol. The van der Waals surface area contributed by atoms with E-state index in [2.05, 4.69) is 181 Å². The Bertz CT molecular complexity index is 3430. The minimum atomic E-state index is 0.0219. The molecule has 0 N–H and O–H groups in total. The molecule has 60 heavy (non-hydrogen) atoms. The number of rotatable bonds is 2. The molecule has 4 aliphatic heterocycles. The summed E-state index contributed by atoms with van der Waals surface area (Å²) in [6.07, 6.45) is 0. The van der Waals surface area contributed by atoms with Gasteiger partial charge in [-0.2, -0.15) is 0 Å². The monoisotopic (exact) mass is 763 g/mol. The van der Waals surface area contributed by atoms with Gasteiger partial charge in [0, 0.05) is 38.7 Å². The summed E-state index contributed by atoms with van der Waals surface area (Å²) >= 11 is 0. The number of hydrogen-bond acceptors (Lipinski definition) is 4. The van der Waals surface area contributed by atoms with E-state index in [9.17, 15) is 0 Å². The maximum absolute atomic E-state index is 6.73. The summed E-state index contributed by atoms with van der Waals surface area (Å²) < 4.78 is 20.2. The Labute approximate surface area is 347 Å². The molecule has 0 fully saturated rings. The highest BCUT2D eigenvalue weighted by Crippen LogP contribution is 2.49. The summed E-state index contributed by atoms with van der Waals surface area (Å²) in [6, 6.07) is 67.6. The fourth-order valence-corrected chi connectivity index (χ4v) is 10.8. The maximum atomic E-state index is 6.73. The number of furan rings is 1. The molecular formula is C54H31B2NO3. The molecule has 0 bridgehead atoms. The van der Waals surface area contributed by atoms with Gasteiger partial charge in [0.2, 0.25) is 0 Å². The van der Waals surface area contributed by atoms with Crippen LogP contribution in [0.3, 0.4) is 0 Å². The predicted molar refractivity (Wildman–Crippen MR) is 247 cm³/mol. The number of para-hydroxylation sites is 3. The second-order valence-electron chi connectivity index (χ2n) is 16.3. The van der Waals surface area contributed by atoms with Crippen molar-refractivity contribution in [3.63, 3.8) is 0 Å². The van der Waals surface area contributed by atoms with Crippen LogP contribution in [0.1, 0.15) is 0 Å². The molecule has 0 amide bonds. The van der Waals surface area contributed by atoms with Gasteiger partial charge < -0.3 is 18.7 Å². The Morgan fingerprint density at radius 3 is 1.50 bits per heavy atom. The van der Waals surface area contributed by atoms with Crippen molar-refractivity contribution in [1.29, 1.82) is 0 Å². The topological polar surface area (TPSA) is 34.8 Å². The van der Waals surface area contributed by atoms with Crippen molar-refractivity contribution < 1.29 is 13.9 Å². The van der Waals surface area contributed by atoms with Gasteiger partial charge in [0.25, 0.3) is 6.71 Å². The summed E-state index contributed by atoms with van der Waals surface area (Å²) in [5, 5.41) is 2.16. The molecule has 0 radical (unpaired) electrons. The van der Waals surface area contributed by atoms with E-state index >= 15 is 0 Å². The Balaban J connectivity index is 0.967. The SMILES string of the molecule is c1ccc2c(c1)Oc1cc(-c3cccc4oc5cccc(-c6ccc7c(c6)-c6ccccc6B6c8ccccc8-c8ccccc8N67)c5c34)cc3c1B2c1ccccc1O3. The van der Waals surface area contributed by atoms with E-state index in [0.717, 1.165) is 83.6 Å². The highest BCUT2D eigenvalue weighted by molar-refractivity contribution is 6.98. The molecule has 0 atom stereocenters. The van der Waals surface area contributed by atoms with E-state index < -0.39 is 0 Å². The summed E-state index contributed by atoms with van der Waals surface area (Å²) in [5.41, 5.74) is 19.5. The molecule has 0 saturated carbocycles. The Morgan fingerprint density at radius 1 is 0.350 bits per heavy atom. The largest absolute Gasteiger partial charge is 0.458 e. The maximum Gasteiger partial charge on any atom is 0.329 e. The van der Waals surface area contributed by atoms with Gasteiger partial charge in [0.1, 0.15) is 34.2 Å². The number of anilines is 2. The zero-order valence-corrected chi connectivity index (χ0v) is 32.2. The van der Waals surface area contributed by atoms with Gasteiger partial charge >= 0.3 is 6.85 Å². The van der Waals surface area contributed by atoms with Crippen molar-refractivity contribution in [2.75, 3.05) is 4.81 Å². The van der Waals surface area contributed by atoms with Crippen molar-refractivity contribution in [2.45, 2.75) is 0 Å². The first-order valence-corrected chi connectivity index (χ1v) is 20.6. The van der Waals surface area contributed by atoms with Crippen LogP contribution in [0.25, 0.3) is 66.4 Å². The second kappa shape index (κ2) is 11.9. The first-order valence-electron chi connectivity index (χ1n) is 20.6.